The number of nitrogens with one attached hydrogen (secondary N) is 1. The highest BCUT2D eigenvalue weighted by Crippen LogP contribution is 2.17. The van der Waals surface area contributed by atoms with Gasteiger partial charge in [-0.15, -0.1) is 0 Å². The Morgan fingerprint density at radius 3 is 2.52 bits per heavy atom. The van der Waals surface area contributed by atoms with Crippen LogP contribution in [-0.4, -0.2) is 29.2 Å². The summed E-state index contributed by atoms with van der Waals surface area (Å²) in [5.74, 6) is 0. The molecule has 0 radical (unpaired) electrons. The van der Waals surface area contributed by atoms with Crippen LogP contribution in [0.15, 0.2) is 48.5 Å². The molecule has 1 N–H and O–H groups in total. The minimum Gasteiger partial charge on any atom is -0.305 e. The molecule has 0 unspecified atom stereocenters. The summed E-state index contributed by atoms with van der Waals surface area (Å²) in [5, 5.41) is 8.55. The average molecular weight is 277 g/mol. The van der Waals surface area contributed by atoms with E-state index in [2.05, 4.69) is 71.7 Å². The molecule has 0 fully saturated rings. The average Bonchev–Trinajstić information content (AvgIpc) is 2.89. The maximum atomic E-state index is 4.35. The molecular weight excluding hydrogens is 258 g/mol. The van der Waals surface area contributed by atoms with Gasteiger partial charge in [0.1, 0.15) is 0 Å². The molecule has 0 aliphatic rings. The lowest BCUT2D eigenvalue weighted by atomic mass is 10.1. The van der Waals surface area contributed by atoms with E-state index in [1.54, 1.807) is 0 Å². The van der Waals surface area contributed by atoms with Gasteiger partial charge in [0.05, 0.1) is 11.2 Å². The first-order chi connectivity index (χ1) is 10.2. The molecule has 106 valence electrons. The minimum absolute atomic E-state index is 0.966. The SMILES string of the molecule is CN(C)Cc1ccc(/C=C/c2n[nH]c3ccccc23)cc1. The van der Waals surface area contributed by atoms with Crippen molar-refractivity contribution in [2.75, 3.05) is 14.1 Å². The van der Waals surface area contributed by atoms with E-state index >= 15 is 0 Å². The molecule has 3 rings (SSSR count). The molecule has 3 heteroatoms. The largest absolute Gasteiger partial charge is 0.305 e. The lowest BCUT2D eigenvalue weighted by Gasteiger charge is -2.09. The van der Waals surface area contributed by atoms with Gasteiger partial charge in [0.2, 0.25) is 0 Å². The molecule has 0 saturated carbocycles. The fraction of sp³-hybridized carbons (Fsp3) is 0.167. The molecule has 0 bridgehead atoms. The highest BCUT2D eigenvalue weighted by molar-refractivity contribution is 5.89. The number of nitrogens with zero attached hydrogens (tertiary/aromatic N) is 2. The number of hydrogen-bond donors (Lipinski definition) is 1. The predicted molar refractivity (Wildman–Crippen MR) is 88.9 cm³/mol. The zero-order valence-corrected chi connectivity index (χ0v) is 12.4. The first-order valence-electron chi connectivity index (χ1n) is 7.07. The fourth-order valence-electron chi connectivity index (χ4n) is 2.39. The Balaban J connectivity index is 1.79. The first-order valence-corrected chi connectivity index (χ1v) is 7.07. The van der Waals surface area contributed by atoms with Crippen molar-refractivity contribution in [1.29, 1.82) is 0 Å². The monoisotopic (exact) mass is 277 g/mol. The minimum atomic E-state index is 0.966. The molecule has 3 aromatic rings. The lowest BCUT2D eigenvalue weighted by molar-refractivity contribution is 0.402. The summed E-state index contributed by atoms with van der Waals surface area (Å²) in [6.45, 7) is 0.966. The summed E-state index contributed by atoms with van der Waals surface area (Å²) in [4.78, 5) is 2.17. The van der Waals surface area contributed by atoms with Crippen LogP contribution in [0.2, 0.25) is 0 Å². The molecule has 1 heterocycles. The van der Waals surface area contributed by atoms with Crippen LogP contribution in [0, 0.1) is 0 Å². The van der Waals surface area contributed by atoms with Crippen LogP contribution in [0.3, 0.4) is 0 Å². The van der Waals surface area contributed by atoms with E-state index in [4.69, 9.17) is 0 Å². The van der Waals surface area contributed by atoms with E-state index < -0.39 is 0 Å². The lowest BCUT2D eigenvalue weighted by Crippen LogP contribution is -2.10. The Morgan fingerprint density at radius 2 is 1.76 bits per heavy atom. The van der Waals surface area contributed by atoms with Gasteiger partial charge in [-0.05, 0) is 37.4 Å². The summed E-state index contributed by atoms with van der Waals surface area (Å²) in [6, 6.07) is 16.8. The van der Waals surface area contributed by atoms with Gasteiger partial charge in [-0.25, -0.2) is 0 Å². The Bertz CT molecular complexity index is 751. The second-order valence-corrected chi connectivity index (χ2v) is 5.47. The third-order valence-electron chi connectivity index (χ3n) is 3.41. The highest BCUT2D eigenvalue weighted by Gasteiger charge is 2.00. The molecule has 0 spiro atoms. The maximum absolute atomic E-state index is 4.35. The molecule has 3 nitrogen and oxygen atoms in total. The summed E-state index contributed by atoms with van der Waals surface area (Å²) >= 11 is 0. The van der Waals surface area contributed by atoms with Crippen molar-refractivity contribution >= 4 is 23.1 Å². The van der Waals surface area contributed by atoms with Gasteiger partial charge in [-0.1, -0.05) is 48.5 Å². The number of para-hydroxylation sites is 1. The number of H-pyrrole nitrogens is 1. The normalized spacial score (nSPS) is 11.8. The van der Waals surface area contributed by atoms with E-state index in [9.17, 15) is 0 Å². The maximum Gasteiger partial charge on any atom is 0.0927 e. The second kappa shape index (κ2) is 5.94. The Labute approximate surface area is 124 Å². The van der Waals surface area contributed by atoms with Gasteiger partial charge < -0.3 is 4.90 Å². The Morgan fingerprint density at radius 1 is 1.00 bits per heavy atom. The van der Waals surface area contributed by atoms with E-state index in [1.165, 1.54) is 11.1 Å². The quantitative estimate of drug-likeness (QED) is 0.786. The van der Waals surface area contributed by atoms with Crippen molar-refractivity contribution in [3.63, 3.8) is 0 Å². The van der Waals surface area contributed by atoms with Crippen molar-refractivity contribution in [3.05, 3.63) is 65.4 Å². The molecule has 1 aromatic heterocycles. The van der Waals surface area contributed by atoms with Crippen LogP contribution in [-0.2, 0) is 6.54 Å². The molecule has 0 aliphatic heterocycles. The second-order valence-electron chi connectivity index (χ2n) is 5.47. The van der Waals surface area contributed by atoms with Crippen LogP contribution < -0.4 is 0 Å². The molecule has 0 atom stereocenters. The van der Waals surface area contributed by atoms with Crippen molar-refractivity contribution in [3.8, 4) is 0 Å². The number of benzene rings is 2. The van der Waals surface area contributed by atoms with Gasteiger partial charge in [-0.3, -0.25) is 5.10 Å². The Kier molecular flexibility index (Phi) is 3.84. The van der Waals surface area contributed by atoms with Crippen molar-refractivity contribution in [2.45, 2.75) is 6.54 Å². The van der Waals surface area contributed by atoms with E-state index in [0.29, 0.717) is 0 Å². The first kappa shape index (κ1) is 13.6. The Hall–Kier alpha value is -2.39. The summed E-state index contributed by atoms with van der Waals surface area (Å²) in [6.07, 6.45) is 4.15. The van der Waals surface area contributed by atoms with Crippen LogP contribution in [0.25, 0.3) is 23.1 Å². The van der Waals surface area contributed by atoms with Gasteiger partial charge in [0.25, 0.3) is 0 Å². The van der Waals surface area contributed by atoms with Gasteiger partial charge in [0.15, 0.2) is 0 Å². The summed E-state index contributed by atoms with van der Waals surface area (Å²) in [5.41, 5.74) is 4.55. The van der Waals surface area contributed by atoms with Crippen molar-refractivity contribution in [1.82, 2.24) is 15.1 Å². The smallest absolute Gasteiger partial charge is 0.0927 e. The molecule has 0 saturated heterocycles. The number of fused-ring (bicyclic) bond motifs is 1. The highest BCUT2D eigenvalue weighted by atomic mass is 15.1. The zero-order valence-electron chi connectivity index (χ0n) is 12.4. The molecule has 2 aromatic carbocycles. The van der Waals surface area contributed by atoms with E-state index in [1.807, 2.05) is 18.2 Å². The number of aromatic amines is 1. The van der Waals surface area contributed by atoms with Gasteiger partial charge in [0, 0.05) is 11.9 Å². The standard InChI is InChI=1S/C18H19N3/c1-21(2)13-15-9-7-14(8-10-15)11-12-18-16-5-3-4-6-17(16)19-20-18/h3-12H,13H2,1-2H3,(H,19,20)/b12-11+. The number of rotatable bonds is 4. The van der Waals surface area contributed by atoms with Crippen molar-refractivity contribution in [2.24, 2.45) is 0 Å². The number of hydrogen-bond acceptors (Lipinski definition) is 2. The predicted octanol–water partition coefficient (Wildman–Crippen LogP) is 3.79. The van der Waals surface area contributed by atoms with Gasteiger partial charge >= 0.3 is 0 Å². The fourth-order valence-corrected chi connectivity index (χ4v) is 2.39. The number of aromatic nitrogens is 2. The van der Waals surface area contributed by atoms with Crippen LogP contribution in [0.1, 0.15) is 16.8 Å². The topological polar surface area (TPSA) is 31.9 Å². The van der Waals surface area contributed by atoms with Crippen LogP contribution >= 0.6 is 0 Å². The zero-order chi connectivity index (χ0) is 14.7. The van der Waals surface area contributed by atoms with Crippen LogP contribution in [0.4, 0.5) is 0 Å². The molecular formula is C18H19N3. The molecule has 0 aliphatic carbocycles. The third-order valence-corrected chi connectivity index (χ3v) is 3.41. The van der Waals surface area contributed by atoms with E-state index in [0.717, 1.165) is 23.1 Å². The van der Waals surface area contributed by atoms with Crippen LogP contribution in [0.5, 0.6) is 0 Å². The summed E-state index contributed by atoms with van der Waals surface area (Å²) < 4.78 is 0. The van der Waals surface area contributed by atoms with Crippen molar-refractivity contribution < 1.29 is 0 Å². The summed E-state index contributed by atoms with van der Waals surface area (Å²) in [7, 11) is 4.16. The van der Waals surface area contributed by atoms with Gasteiger partial charge in [-0.2, -0.15) is 5.10 Å². The third kappa shape index (κ3) is 3.20. The van der Waals surface area contributed by atoms with E-state index in [-0.39, 0.29) is 0 Å². The molecule has 0 amide bonds. The molecule has 21 heavy (non-hydrogen) atoms.